The topological polar surface area (TPSA) is 83.1 Å². The lowest BCUT2D eigenvalue weighted by Crippen LogP contribution is -2.33. The maximum Gasteiger partial charge on any atom is 0.319 e. The van der Waals surface area contributed by atoms with Crippen LogP contribution in [0.2, 0.25) is 0 Å². The summed E-state index contributed by atoms with van der Waals surface area (Å²) in [5.74, 6) is -0.469. The van der Waals surface area contributed by atoms with Crippen molar-refractivity contribution >= 4 is 34.6 Å². The van der Waals surface area contributed by atoms with Crippen molar-refractivity contribution in [3.8, 4) is 0 Å². The van der Waals surface area contributed by atoms with Crippen LogP contribution in [0.3, 0.4) is 0 Å². The normalized spacial score (nSPS) is 14.8. The van der Waals surface area contributed by atoms with E-state index < -0.39 is 11.8 Å². The van der Waals surface area contributed by atoms with E-state index in [-0.39, 0.29) is 17.6 Å². The first-order chi connectivity index (χ1) is 11.5. The predicted molar refractivity (Wildman–Crippen MR) is 90.4 cm³/mol. The molecule has 1 atom stereocenters. The van der Waals surface area contributed by atoms with E-state index in [9.17, 15) is 14.0 Å². The van der Waals surface area contributed by atoms with E-state index in [0.717, 1.165) is 17.8 Å². The first-order valence-electron chi connectivity index (χ1n) is 7.57. The zero-order valence-electron chi connectivity index (χ0n) is 13.0. The molecule has 2 aromatic rings. The summed E-state index contributed by atoms with van der Waals surface area (Å²) < 4.78 is 13.9. The molecule has 6 nitrogen and oxygen atoms in total. The Morgan fingerprint density at radius 3 is 2.75 bits per heavy atom. The minimum absolute atomic E-state index is 0.00688. The standard InChI is InChI=1S/C16H17FN4O2S/c1-9(22)19-11-4-5-12(17)13(8-11)20-16(23)21-14(10-2-3-10)15-18-6-7-24-15/h4-8,10,14H,2-3H2,1H3,(H,19,22)(H2,20,21,23)/t14-/m0/s1. The van der Waals surface area contributed by atoms with E-state index >= 15 is 0 Å². The van der Waals surface area contributed by atoms with Crippen LogP contribution in [0.5, 0.6) is 0 Å². The lowest BCUT2D eigenvalue weighted by Gasteiger charge is -2.17. The summed E-state index contributed by atoms with van der Waals surface area (Å²) in [6.45, 7) is 1.36. The van der Waals surface area contributed by atoms with E-state index in [1.54, 1.807) is 6.20 Å². The van der Waals surface area contributed by atoms with Gasteiger partial charge < -0.3 is 16.0 Å². The Balaban J connectivity index is 1.69. The van der Waals surface area contributed by atoms with Gasteiger partial charge in [0.15, 0.2) is 0 Å². The largest absolute Gasteiger partial charge is 0.328 e. The van der Waals surface area contributed by atoms with E-state index in [4.69, 9.17) is 0 Å². The molecule has 3 amide bonds. The van der Waals surface area contributed by atoms with Crippen LogP contribution in [0.15, 0.2) is 29.8 Å². The molecule has 1 fully saturated rings. The van der Waals surface area contributed by atoms with Gasteiger partial charge in [-0.3, -0.25) is 4.79 Å². The molecule has 1 aliphatic carbocycles. The summed E-state index contributed by atoms with van der Waals surface area (Å²) in [6, 6.07) is 3.35. The second kappa shape index (κ2) is 6.96. The zero-order chi connectivity index (χ0) is 17.1. The van der Waals surface area contributed by atoms with E-state index in [1.807, 2.05) is 5.38 Å². The molecule has 3 rings (SSSR count). The Morgan fingerprint density at radius 2 is 2.12 bits per heavy atom. The van der Waals surface area contributed by atoms with Gasteiger partial charge in [-0.1, -0.05) is 0 Å². The lowest BCUT2D eigenvalue weighted by atomic mass is 10.2. The van der Waals surface area contributed by atoms with Crippen LogP contribution < -0.4 is 16.0 Å². The summed E-state index contributed by atoms with van der Waals surface area (Å²) in [6.07, 6.45) is 3.78. The van der Waals surface area contributed by atoms with Gasteiger partial charge in [0.2, 0.25) is 5.91 Å². The van der Waals surface area contributed by atoms with Crippen LogP contribution in [0, 0.1) is 11.7 Å². The minimum Gasteiger partial charge on any atom is -0.328 e. The highest BCUT2D eigenvalue weighted by Crippen LogP contribution is 2.41. The number of aromatic nitrogens is 1. The number of hydrogen-bond acceptors (Lipinski definition) is 4. The van der Waals surface area contributed by atoms with Crippen molar-refractivity contribution in [2.24, 2.45) is 5.92 Å². The first kappa shape index (κ1) is 16.4. The van der Waals surface area contributed by atoms with Gasteiger partial charge in [-0.05, 0) is 37.0 Å². The Kier molecular flexibility index (Phi) is 4.75. The number of carbonyl (C=O) groups is 2. The number of thiazole rings is 1. The number of halogens is 1. The van der Waals surface area contributed by atoms with Gasteiger partial charge in [0.25, 0.3) is 0 Å². The number of amides is 3. The van der Waals surface area contributed by atoms with Gasteiger partial charge in [-0.25, -0.2) is 14.2 Å². The molecule has 1 saturated carbocycles. The summed E-state index contributed by atoms with van der Waals surface area (Å²) in [4.78, 5) is 27.6. The number of nitrogens with zero attached hydrogens (tertiary/aromatic N) is 1. The number of urea groups is 1. The molecule has 3 N–H and O–H groups in total. The van der Waals surface area contributed by atoms with Crippen LogP contribution in [0.1, 0.15) is 30.8 Å². The van der Waals surface area contributed by atoms with Crippen LogP contribution in [-0.4, -0.2) is 16.9 Å². The van der Waals surface area contributed by atoms with Gasteiger partial charge in [0, 0.05) is 24.2 Å². The fourth-order valence-corrected chi connectivity index (χ4v) is 3.18. The summed E-state index contributed by atoms with van der Waals surface area (Å²) in [5, 5.41) is 10.6. The Labute approximate surface area is 142 Å². The number of hydrogen-bond donors (Lipinski definition) is 3. The predicted octanol–water partition coefficient (Wildman–Crippen LogP) is 3.51. The van der Waals surface area contributed by atoms with Crippen LogP contribution in [0.4, 0.5) is 20.6 Å². The fourth-order valence-electron chi connectivity index (χ4n) is 2.40. The SMILES string of the molecule is CC(=O)Nc1ccc(F)c(NC(=O)N[C@H](c2nccs2)C2CC2)c1. The Bertz CT molecular complexity index is 747. The maximum atomic E-state index is 13.9. The highest BCUT2D eigenvalue weighted by molar-refractivity contribution is 7.09. The average molecular weight is 348 g/mol. The van der Waals surface area contributed by atoms with Crippen LogP contribution >= 0.6 is 11.3 Å². The molecule has 0 unspecified atom stereocenters. The number of carbonyl (C=O) groups excluding carboxylic acids is 2. The number of nitrogens with one attached hydrogen (secondary N) is 3. The molecular weight excluding hydrogens is 331 g/mol. The first-order valence-corrected chi connectivity index (χ1v) is 8.45. The van der Waals surface area contributed by atoms with Crippen LogP contribution in [-0.2, 0) is 4.79 Å². The third-order valence-electron chi connectivity index (χ3n) is 3.63. The fraction of sp³-hybridized carbons (Fsp3) is 0.312. The van der Waals surface area contributed by atoms with Gasteiger partial charge in [0.05, 0.1) is 11.7 Å². The van der Waals surface area contributed by atoms with Crippen LogP contribution in [0.25, 0.3) is 0 Å². The molecule has 0 saturated heterocycles. The second-order valence-electron chi connectivity index (χ2n) is 5.66. The number of benzene rings is 1. The summed E-state index contributed by atoms with van der Waals surface area (Å²) in [7, 11) is 0. The highest BCUT2D eigenvalue weighted by Gasteiger charge is 2.35. The van der Waals surface area contributed by atoms with Crippen molar-refractivity contribution in [1.82, 2.24) is 10.3 Å². The van der Waals surface area contributed by atoms with Gasteiger partial charge in [-0.2, -0.15) is 0 Å². The second-order valence-corrected chi connectivity index (χ2v) is 6.59. The highest BCUT2D eigenvalue weighted by atomic mass is 32.1. The third-order valence-corrected chi connectivity index (χ3v) is 4.49. The quantitative estimate of drug-likeness (QED) is 0.773. The molecule has 1 aromatic heterocycles. The zero-order valence-corrected chi connectivity index (χ0v) is 13.8. The monoisotopic (exact) mass is 348 g/mol. The van der Waals surface area contributed by atoms with Crippen molar-refractivity contribution in [3.05, 3.63) is 40.6 Å². The molecule has 1 aliphatic rings. The molecule has 0 spiro atoms. The van der Waals surface area contributed by atoms with Crippen molar-refractivity contribution in [1.29, 1.82) is 0 Å². The van der Waals surface area contributed by atoms with Crippen molar-refractivity contribution in [3.63, 3.8) is 0 Å². The van der Waals surface area contributed by atoms with Gasteiger partial charge >= 0.3 is 6.03 Å². The Morgan fingerprint density at radius 1 is 1.33 bits per heavy atom. The maximum absolute atomic E-state index is 13.9. The van der Waals surface area contributed by atoms with E-state index in [1.165, 1.54) is 36.5 Å². The molecule has 24 heavy (non-hydrogen) atoms. The van der Waals surface area contributed by atoms with Crippen molar-refractivity contribution in [2.45, 2.75) is 25.8 Å². The molecule has 126 valence electrons. The minimum atomic E-state index is -0.573. The van der Waals surface area contributed by atoms with Crippen molar-refractivity contribution < 1.29 is 14.0 Å². The van der Waals surface area contributed by atoms with Gasteiger partial charge in [0.1, 0.15) is 10.8 Å². The molecular formula is C16H17FN4O2S. The third kappa shape index (κ3) is 4.08. The molecule has 8 heteroatoms. The molecule has 0 aliphatic heterocycles. The smallest absolute Gasteiger partial charge is 0.319 e. The van der Waals surface area contributed by atoms with E-state index in [0.29, 0.717) is 11.6 Å². The lowest BCUT2D eigenvalue weighted by molar-refractivity contribution is -0.114. The molecule has 1 heterocycles. The summed E-state index contributed by atoms with van der Waals surface area (Å²) >= 11 is 1.48. The van der Waals surface area contributed by atoms with E-state index in [2.05, 4.69) is 20.9 Å². The summed E-state index contributed by atoms with van der Waals surface area (Å²) in [5.41, 5.74) is 0.422. The van der Waals surface area contributed by atoms with Gasteiger partial charge in [-0.15, -0.1) is 11.3 Å². The molecule has 0 radical (unpaired) electrons. The number of rotatable bonds is 5. The Hall–Kier alpha value is -2.48. The molecule has 1 aromatic carbocycles. The van der Waals surface area contributed by atoms with Crippen molar-refractivity contribution in [2.75, 3.05) is 10.6 Å². The average Bonchev–Trinajstić information content (AvgIpc) is 3.22. The number of anilines is 2. The molecule has 0 bridgehead atoms.